The molecule has 0 radical (unpaired) electrons. The fourth-order valence-corrected chi connectivity index (χ4v) is 2.94. The van der Waals surface area contributed by atoms with E-state index in [2.05, 4.69) is 0 Å². The summed E-state index contributed by atoms with van der Waals surface area (Å²) in [4.78, 5) is 12.0. The van der Waals surface area contributed by atoms with Gasteiger partial charge in [-0.25, -0.2) is 0 Å². The Bertz CT molecular complexity index is 434. The molecule has 0 aliphatic heterocycles. The van der Waals surface area contributed by atoms with Gasteiger partial charge >= 0.3 is 7.60 Å². The van der Waals surface area contributed by atoms with Gasteiger partial charge in [-0.2, -0.15) is 0 Å². The smallest absolute Gasteiger partial charge is 0.303 e. The first kappa shape index (κ1) is 15.4. The standard InChI is InChI=1S/C12H16ClO4P/c1-3-16-18(15,17-4-2)12(14)9-10-5-7-11(13)8-6-10/h5-8H,3-4,9H2,1-2H3. The summed E-state index contributed by atoms with van der Waals surface area (Å²) in [5.74, 6) is 0. The summed E-state index contributed by atoms with van der Waals surface area (Å²) < 4.78 is 22.1. The van der Waals surface area contributed by atoms with Crippen molar-refractivity contribution in [1.29, 1.82) is 0 Å². The third kappa shape index (κ3) is 4.21. The van der Waals surface area contributed by atoms with Gasteiger partial charge in [-0.3, -0.25) is 9.36 Å². The molecule has 0 aliphatic carbocycles. The van der Waals surface area contributed by atoms with Crippen molar-refractivity contribution in [3.8, 4) is 0 Å². The minimum Gasteiger partial charge on any atom is -0.303 e. The van der Waals surface area contributed by atoms with Crippen LogP contribution >= 0.6 is 19.2 Å². The van der Waals surface area contributed by atoms with Crippen molar-refractivity contribution < 1.29 is 18.4 Å². The van der Waals surface area contributed by atoms with Crippen molar-refractivity contribution in [2.75, 3.05) is 13.2 Å². The van der Waals surface area contributed by atoms with E-state index in [0.717, 1.165) is 5.56 Å². The molecule has 0 atom stereocenters. The van der Waals surface area contributed by atoms with Crippen LogP contribution in [0, 0.1) is 0 Å². The number of carbonyl (C=O) groups excluding carboxylic acids is 1. The lowest BCUT2D eigenvalue weighted by atomic mass is 10.2. The van der Waals surface area contributed by atoms with Crippen LogP contribution in [0.2, 0.25) is 5.02 Å². The second-order valence-electron chi connectivity index (χ2n) is 3.53. The topological polar surface area (TPSA) is 52.6 Å². The van der Waals surface area contributed by atoms with Crippen LogP contribution in [0.5, 0.6) is 0 Å². The van der Waals surface area contributed by atoms with Crippen LogP contribution in [-0.4, -0.2) is 18.7 Å². The van der Waals surface area contributed by atoms with Crippen LogP contribution in [0.1, 0.15) is 19.4 Å². The largest absolute Gasteiger partial charge is 0.397 e. The third-order valence-corrected chi connectivity index (χ3v) is 4.39. The fourth-order valence-electron chi connectivity index (χ4n) is 1.39. The quantitative estimate of drug-likeness (QED) is 0.719. The molecule has 0 saturated heterocycles. The normalized spacial score (nSPS) is 11.5. The Morgan fingerprint density at radius 2 is 1.67 bits per heavy atom. The molecular formula is C12H16ClO4P. The molecule has 0 amide bonds. The maximum absolute atomic E-state index is 12.2. The van der Waals surface area contributed by atoms with Crippen molar-refractivity contribution >= 4 is 24.7 Å². The van der Waals surface area contributed by atoms with Gasteiger partial charge in [-0.05, 0) is 31.5 Å². The molecule has 0 unspecified atom stereocenters. The minimum absolute atomic E-state index is 0.00838. The molecule has 100 valence electrons. The maximum Gasteiger partial charge on any atom is 0.397 e. The number of hydrogen-bond acceptors (Lipinski definition) is 4. The van der Waals surface area contributed by atoms with Gasteiger partial charge in [-0.15, -0.1) is 0 Å². The Kier molecular flexibility index (Phi) is 6.03. The van der Waals surface area contributed by atoms with Gasteiger partial charge in [0, 0.05) is 11.4 Å². The summed E-state index contributed by atoms with van der Waals surface area (Å²) >= 11 is 5.75. The van der Waals surface area contributed by atoms with Gasteiger partial charge in [-0.1, -0.05) is 23.7 Å². The zero-order valence-electron chi connectivity index (χ0n) is 10.4. The molecule has 0 heterocycles. The highest BCUT2D eigenvalue weighted by molar-refractivity contribution is 7.71. The molecule has 1 aromatic rings. The molecule has 0 bridgehead atoms. The predicted octanol–water partition coefficient (Wildman–Crippen LogP) is 3.68. The van der Waals surface area contributed by atoms with Crippen molar-refractivity contribution in [2.45, 2.75) is 20.3 Å². The number of halogens is 1. The zero-order chi connectivity index (χ0) is 13.6. The van der Waals surface area contributed by atoms with Crippen LogP contribution in [0.3, 0.4) is 0 Å². The maximum atomic E-state index is 12.2. The van der Waals surface area contributed by atoms with Gasteiger partial charge in [0.05, 0.1) is 13.2 Å². The lowest BCUT2D eigenvalue weighted by molar-refractivity contribution is -0.113. The number of rotatable bonds is 7. The molecule has 0 aliphatic rings. The Balaban J connectivity index is 2.78. The van der Waals surface area contributed by atoms with E-state index in [1.807, 2.05) is 0 Å². The molecule has 0 fully saturated rings. The van der Waals surface area contributed by atoms with E-state index in [-0.39, 0.29) is 19.6 Å². The van der Waals surface area contributed by atoms with E-state index >= 15 is 0 Å². The highest BCUT2D eigenvalue weighted by Crippen LogP contribution is 2.49. The monoisotopic (exact) mass is 290 g/mol. The minimum atomic E-state index is -3.66. The van der Waals surface area contributed by atoms with Gasteiger partial charge in [0.15, 0.2) is 0 Å². The highest BCUT2D eigenvalue weighted by atomic mass is 35.5. The van der Waals surface area contributed by atoms with Crippen molar-refractivity contribution in [3.05, 3.63) is 34.9 Å². The molecule has 1 rings (SSSR count). The van der Waals surface area contributed by atoms with Gasteiger partial charge in [0.2, 0.25) is 5.52 Å². The summed E-state index contributed by atoms with van der Waals surface area (Å²) in [6.45, 7) is 3.68. The van der Waals surface area contributed by atoms with Crippen molar-refractivity contribution in [2.24, 2.45) is 0 Å². The highest BCUT2D eigenvalue weighted by Gasteiger charge is 2.33. The average Bonchev–Trinajstić information content (AvgIpc) is 2.32. The van der Waals surface area contributed by atoms with E-state index in [1.165, 1.54) is 0 Å². The molecule has 0 aromatic heterocycles. The summed E-state index contributed by atoms with van der Waals surface area (Å²) in [6, 6.07) is 6.78. The van der Waals surface area contributed by atoms with Crippen molar-refractivity contribution in [3.63, 3.8) is 0 Å². The Hall–Kier alpha value is -0.670. The number of hydrogen-bond donors (Lipinski definition) is 0. The second-order valence-corrected chi connectivity index (χ2v) is 5.98. The van der Waals surface area contributed by atoms with Gasteiger partial charge < -0.3 is 9.05 Å². The second kappa shape index (κ2) is 7.05. The Morgan fingerprint density at radius 3 is 2.11 bits per heavy atom. The van der Waals surface area contributed by atoms with Crippen molar-refractivity contribution in [1.82, 2.24) is 0 Å². The molecule has 0 spiro atoms. The summed E-state index contributed by atoms with van der Waals surface area (Å²) in [6.07, 6.45) is 0.00838. The molecule has 0 saturated carbocycles. The summed E-state index contributed by atoms with van der Waals surface area (Å²) in [5, 5.41) is 0.587. The molecule has 1 aromatic carbocycles. The van der Waals surface area contributed by atoms with Gasteiger partial charge in [0.25, 0.3) is 0 Å². The molecule has 6 heteroatoms. The first-order valence-corrected chi connectivity index (χ1v) is 7.61. The fraction of sp³-hybridized carbons (Fsp3) is 0.417. The van der Waals surface area contributed by atoms with E-state index in [4.69, 9.17) is 20.6 Å². The summed E-state index contributed by atoms with van der Waals surface area (Å²) in [7, 11) is -3.66. The van der Waals surface area contributed by atoms with E-state index in [0.29, 0.717) is 5.02 Å². The molecule has 0 N–H and O–H groups in total. The van der Waals surface area contributed by atoms with E-state index in [9.17, 15) is 9.36 Å². The lowest BCUT2D eigenvalue weighted by Gasteiger charge is -2.15. The van der Waals surface area contributed by atoms with E-state index < -0.39 is 13.1 Å². The Morgan fingerprint density at radius 1 is 1.17 bits per heavy atom. The Labute approximate surface area is 112 Å². The van der Waals surface area contributed by atoms with Gasteiger partial charge in [0.1, 0.15) is 0 Å². The van der Waals surface area contributed by atoms with Crippen LogP contribution in [0.15, 0.2) is 24.3 Å². The first-order chi connectivity index (χ1) is 8.51. The predicted molar refractivity (Wildman–Crippen MR) is 71.0 cm³/mol. The molecule has 18 heavy (non-hydrogen) atoms. The molecular weight excluding hydrogens is 275 g/mol. The number of carbonyl (C=O) groups is 1. The first-order valence-electron chi connectivity index (χ1n) is 5.68. The summed E-state index contributed by atoms with van der Waals surface area (Å²) in [5.41, 5.74) is 0.192. The third-order valence-electron chi connectivity index (χ3n) is 2.17. The number of benzene rings is 1. The van der Waals surface area contributed by atoms with Crippen LogP contribution in [-0.2, 0) is 24.8 Å². The lowest BCUT2D eigenvalue weighted by Crippen LogP contribution is -2.09. The SMILES string of the molecule is CCOP(=O)(OCC)C(=O)Cc1ccc(Cl)cc1. The van der Waals surface area contributed by atoms with E-state index in [1.54, 1.807) is 38.1 Å². The average molecular weight is 291 g/mol. The van der Waals surface area contributed by atoms with Crippen LogP contribution in [0.4, 0.5) is 0 Å². The van der Waals surface area contributed by atoms with Crippen LogP contribution in [0.25, 0.3) is 0 Å². The zero-order valence-corrected chi connectivity index (χ0v) is 12.0. The molecule has 4 nitrogen and oxygen atoms in total. The van der Waals surface area contributed by atoms with Crippen LogP contribution < -0.4 is 0 Å².